The van der Waals surface area contributed by atoms with E-state index in [1.54, 1.807) is 4.72 Å². The predicted molar refractivity (Wildman–Crippen MR) is 57.6 cm³/mol. The highest BCUT2D eigenvalue weighted by Crippen LogP contribution is 2.21. The van der Waals surface area contributed by atoms with Gasteiger partial charge in [-0.3, -0.25) is 4.72 Å². The van der Waals surface area contributed by atoms with Crippen LogP contribution in [-0.2, 0) is 16.4 Å². The molecule has 0 fully saturated rings. The Morgan fingerprint density at radius 3 is 2.19 bits per heavy atom. The first-order chi connectivity index (χ1) is 7.33. The molecule has 0 unspecified atom stereocenters. The van der Waals surface area contributed by atoms with E-state index < -0.39 is 27.3 Å². The normalized spacial score (nSPS) is 11.5. The van der Waals surface area contributed by atoms with Gasteiger partial charge in [-0.2, -0.15) is 0 Å². The van der Waals surface area contributed by atoms with Crippen LogP contribution in [0.2, 0.25) is 0 Å². The highest BCUT2D eigenvalue weighted by Gasteiger charge is 2.14. The van der Waals surface area contributed by atoms with Crippen molar-refractivity contribution in [3.05, 3.63) is 29.3 Å². The summed E-state index contributed by atoms with van der Waals surface area (Å²) in [5.74, 6) is -1.90. The van der Waals surface area contributed by atoms with E-state index in [2.05, 4.69) is 0 Å². The summed E-state index contributed by atoms with van der Waals surface area (Å²) in [4.78, 5) is 0. The lowest BCUT2D eigenvalue weighted by molar-refractivity contribution is 0.582. The molecule has 4 nitrogen and oxygen atoms in total. The van der Waals surface area contributed by atoms with Crippen LogP contribution in [-0.4, -0.2) is 21.2 Å². The van der Waals surface area contributed by atoms with Gasteiger partial charge in [0.25, 0.3) is 0 Å². The third-order valence-corrected chi connectivity index (χ3v) is 2.40. The molecular weight excluding hydrogens is 238 g/mol. The maximum Gasteiger partial charge on any atom is 0.230 e. The van der Waals surface area contributed by atoms with Gasteiger partial charge >= 0.3 is 0 Å². The van der Waals surface area contributed by atoms with Gasteiger partial charge in [0.05, 0.1) is 6.26 Å². The summed E-state index contributed by atoms with van der Waals surface area (Å²) in [6, 6.07) is 2.12. The highest BCUT2D eigenvalue weighted by molar-refractivity contribution is 7.92. The van der Waals surface area contributed by atoms with Crippen molar-refractivity contribution in [3.63, 3.8) is 0 Å². The van der Waals surface area contributed by atoms with Gasteiger partial charge in [-0.05, 0) is 30.7 Å². The quantitative estimate of drug-likeness (QED) is 0.831. The van der Waals surface area contributed by atoms with Gasteiger partial charge in [0, 0.05) is 0 Å². The molecule has 0 aliphatic carbocycles. The monoisotopic (exact) mass is 250 g/mol. The molecule has 0 aliphatic rings. The molecule has 0 aromatic heterocycles. The summed E-state index contributed by atoms with van der Waals surface area (Å²) in [7, 11) is -3.70. The van der Waals surface area contributed by atoms with Crippen LogP contribution in [0.25, 0.3) is 0 Å². The summed E-state index contributed by atoms with van der Waals surface area (Å²) < 4.78 is 50.2. The summed E-state index contributed by atoms with van der Waals surface area (Å²) in [6.45, 7) is 0.262. The Balaban J connectivity index is 3.12. The fraction of sp³-hybridized carbons (Fsp3) is 0.333. The van der Waals surface area contributed by atoms with Crippen molar-refractivity contribution in [2.24, 2.45) is 5.73 Å². The number of sulfonamides is 1. The maximum atomic E-state index is 13.4. The number of nitrogens with one attached hydrogen (secondary N) is 1. The molecule has 3 N–H and O–H groups in total. The summed E-state index contributed by atoms with van der Waals surface area (Å²) in [5.41, 5.74) is 4.97. The van der Waals surface area contributed by atoms with Crippen LogP contribution in [0.3, 0.4) is 0 Å². The van der Waals surface area contributed by atoms with Crippen LogP contribution in [0.5, 0.6) is 0 Å². The number of benzene rings is 1. The molecule has 1 rings (SSSR count). The lowest BCUT2D eigenvalue weighted by Gasteiger charge is -2.08. The molecule has 0 heterocycles. The number of hydrogen-bond donors (Lipinski definition) is 2. The van der Waals surface area contributed by atoms with Gasteiger partial charge in [0.1, 0.15) is 5.69 Å². The number of nitrogens with two attached hydrogens (primary N) is 1. The second kappa shape index (κ2) is 4.75. The first-order valence-corrected chi connectivity index (χ1v) is 6.38. The van der Waals surface area contributed by atoms with E-state index in [0.29, 0.717) is 12.0 Å². The van der Waals surface area contributed by atoms with Gasteiger partial charge in [0.2, 0.25) is 10.0 Å². The average molecular weight is 250 g/mol. The molecule has 0 spiro atoms. The third kappa shape index (κ3) is 3.42. The molecular formula is C9H12F2N2O2S. The molecule has 0 atom stereocenters. The molecule has 0 aliphatic heterocycles. The smallest absolute Gasteiger partial charge is 0.230 e. The molecule has 7 heteroatoms. The molecule has 0 saturated heterocycles. The summed E-state index contributed by atoms with van der Waals surface area (Å²) in [5, 5.41) is 0. The second-order valence-electron chi connectivity index (χ2n) is 3.35. The molecule has 0 saturated carbocycles. The molecule has 0 bridgehead atoms. The van der Waals surface area contributed by atoms with E-state index in [1.165, 1.54) is 0 Å². The van der Waals surface area contributed by atoms with E-state index in [1.807, 2.05) is 0 Å². The molecule has 0 amide bonds. The lowest BCUT2D eigenvalue weighted by atomic mass is 10.1. The second-order valence-corrected chi connectivity index (χ2v) is 5.10. The number of rotatable bonds is 4. The van der Waals surface area contributed by atoms with Crippen LogP contribution < -0.4 is 10.5 Å². The zero-order valence-electron chi connectivity index (χ0n) is 8.63. The Morgan fingerprint density at radius 1 is 1.31 bits per heavy atom. The highest BCUT2D eigenvalue weighted by atomic mass is 32.2. The van der Waals surface area contributed by atoms with Crippen LogP contribution in [0.4, 0.5) is 14.5 Å². The Morgan fingerprint density at radius 2 is 1.81 bits per heavy atom. The van der Waals surface area contributed by atoms with Crippen molar-refractivity contribution < 1.29 is 17.2 Å². The van der Waals surface area contributed by atoms with Crippen molar-refractivity contribution >= 4 is 15.7 Å². The van der Waals surface area contributed by atoms with Crippen LogP contribution >= 0.6 is 0 Å². The van der Waals surface area contributed by atoms with Crippen LogP contribution in [0, 0.1) is 11.6 Å². The first-order valence-electron chi connectivity index (χ1n) is 4.49. The minimum absolute atomic E-state index is 0.262. The van der Waals surface area contributed by atoms with Gasteiger partial charge in [0.15, 0.2) is 11.6 Å². The number of anilines is 1. The lowest BCUT2D eigenvalue weighted by Crippen LogP contribution is -2.13. The van der Waals surface area contributed by atoms with Crippen molar-refractivity contribution in [1.29, 1.82) is 0 Å². The fourth-order valence-corrected chi connectivity index (χ4v) is 1.79. The van der Waals surface area contributed by atoms with E-state index in [4.69, 9.17) is 5.73 Å². The van der Waals surface area contributed by atoms with Gasteiger partial charge in [-0.1, -0.05) is 0 Å². The van der Waals surface area contributed by atoms with Crippen LogP contribution in [0.15, 0.2) is 12.1 Å². The Bertz CT molecular complexity index is 465. The van der Waals surface area contributed by atoms with Gasteiger partial charge in [-0.15, -0.1) is 0 Å². The minimum atomic E-state index is -3.70. The average Bonchev–Trinajstić information content (AvgIpc) is 2.10. The SMILES string of the molecule is CS(=O)(=O)Nc1c(F)cc(CCN)cc1F. The van der Waals surface area contributed by atoms with E-state index >= 15 is 0 Å². The first kappa shape index (κ1) is 12.9. The summed E-state index contributed by atoms with van der Waals surface area (Å²) >= 11 is 0. The van der Waals surface area contributed by atoms with Crippen LogP contribution in [0.1, 0.15) is 5.56 Å². The molecule has 1 aromatic carbocycles. The van der Waals surface area contributed by atoms with Crippen molar-refractivity contribution in [2.45, 2.75) is 6.42 Å². The largest absolute Gasteiger partial charge is 0.330 e. The fourth-order valence-electron chi connectivity index (χ4n) is 1.22. The molecule has 0 radical (unpaired) electrons. The van der Waals surface area contributed by atoms with Crippen molar-refractivity contribution in [1.82, 2.24) is 0 Å². The van der Waals surface area contributed by atoms with Gasteiger partial charge in [-0.25, -0.2) is 17.2 Å². The van der Waals surface area contributed by atoms with Crippen molar-refractivity contribution in [2.75, 3.05) is 17.5 Å². The van der Waals surface area contributed by atoms with E-state index in [0.717, 1.165) is 18.4 Å². The predicted octanol–water partition coefficient (Wildman–Crippen LogP) is 0.837. The zero-order valence-corrected chi connectivity index (χ0v) is 9.44. The Hall–Kier alpha value is -1.21. The topological polar surface area (TPSA) is 72.2 Å². The van der Waals surface area contributed by atoms with E-state index in [-0.39, 0.29) is 6.54 Å². The zero-order chi connectivity index (χ0) is 12.3. The minimum Gasteiger partial charge on any atom is -0.330 e. The standard InChI is InChI=1S/C9H12F2N2O2S/c1-16(14,15)13-9-7(10)4-6(2-3-12)5-8(9)11/h4-5,13H,2-3,12H2,1H3. The van der Waals surface area contributed by atoms with Crippen molar-refractivity contribution in [3.8, 4) is 0 Å². The molecule has 16 heavy (non-hydrogen) atoms. The third-order valence-electron chi connectivity index (χ3n) is 1.82. The van der Waals surface area contributed by atoms with Gasteiger partial charge < -0.3 is 5.73 Å². The number of halogens is 2. The Labute approximate surface area is 92.5 Å². The molecule has 1 aromatic rings. The maximum absolute atomic E-state index is 13.4. The Kier molecular flexibility index (Phi) is 3.82. The number of hydrogen-bond acceptors (Lipinski definition) is 3. The summed E-state index contributed by atoms with van der Waals surface area (Å²) in [6.07, 6.45) is 1.15. The van der Waals surface area contributed by atoms with E-state index in [9.17, 15) is 17.2 Å². The molecule has 90 valence electrons.